The first-order valence-electron chi connectivity index (χ1n) is 14.2. The molecule has 0 radical (unpaired) electrons. The smallest absolute Gasteiger partial charge is 0.138 e. The number of anilines is 1. The number of ether oxygens (including phenoxy) is 1. The van der Waals surface area contributed by atoms with Gasteiger partial charge < -0.3 is 10.1 Å². The monoisotopic (exact) mass is 554 g/mol. The van der Waals surface area contributed by atoms with E-state index in [1.807, 2.05) is 24.4 Å². The zero-order valence-corrected chi connectivity index (χ0v) is 23.7. The van der Waals surface area contributed by atoms with Crippen LogP contribution in [0.1, 0.15) is 46.2 Å². The molecule has 0 saturated heterocycles. The molecular weight excluding hydrogens is 524 g/mol. The predicted octanol–water partition coefficient (Wildman–Crippen LogP) is 9.96. The van der Waals surface area contributed by atoms with Crippen molar-refractivity contribution >= 4 is 40.0 Å². The van der Waals surface area contributed by atoms with Crippen LogP contribution in [-0.4, -0.2) is 6.21 Å². The highest BCUT2D eigenvalue weighted by atomic mass is 35.5. The Kier molecular flexibility index (Phi) is 6.82. The highest BCUT2D eigenvalue weighted by Gasteiger charge is 2.37. The number of nitrogens with zero attached hydrogens (tertiary/aromatic N) is 1. The number of benzene rings is 5. The zero-order valence-electron chi connectivity index (χ0n) is 22.9. The summed E-state index contributed by atoms with van der Waals surface area (Å²) in [7, 11) is 0. The third-order valence-corrected chi connectivity index (χ3v) is 8.65. The van der Waals surface area contributed by atoms with Crippen molar-refractivity contribution in [3.05, 3.63) is 148 Å². The Hall–Kier alpha value is -4.34. The van der Waals surface area contributed by atoms with Gasteiger partial charge in [0, 0.05) is 17.8 Å². The molecule has 0 unspecified atom stereocenters. The summed E-state index contributed by atoms with van der Waals surface area (Å²) in [5.74, 6) is 1.66. The van der Waals surface area contributed by atoms with Crippen molar-refractivity contribution in [2.24, 2.45) is 10.9 Å². The lowest BCUT2D eigenvalue weighted by atomic mass is 9.76. The first-order valence-corrected chi connectivity index (χ1v) is 14.6. The molecule has 1 aliphatic heterocycles. The number of halogens is 1. The van der Waals surface area contributed by atoms with Crippen molar-refractivity contribution in [2.45, 2.75) is 31.9 Å². The third kappa shape index (κ3) is 5.14. The van der Waals surface area contributed by atoms with E-state index in [4.69, 9.17) is 21.3 Å². The van der Waals surface area contributed by atoms with Crippen LogP contribution in [0.25, 0.3) is 10.8 Å². The Bertz CT molecular complexity index is 1780. The minimum absolute atomic E-state index is 0.281. The summed E-state index contributed by atoms with van der Waals surface area (Å²) >= 11 is 6.59. The van der Waals surface area contributed by atoms with Crippen LogP contribution in [0.4, 0.5) is 11.4 Å². The maximum Gasteiger partial charge on any atom is 0.138 e. The number of fused-ring (bicyclic) bond motifs is 4. The van der Waals surface area contributed by atoms with Crippen LogP contribution in [0, 0.1) is 12.8 Å². The Morgan fingerprint density at radius 3 is 2.66 bits per heavy atom. The lowest BCUT2D eigenvalue weighted by Gasteiger charge is -2.37. The third-order valence-electron chi connectivity index (χ3n) is 8.35. The van der Waals surface area contributed by atoms with Gasteiger partial charge in [-0.05, 0) is 88.7 Å². The Morgan fingerprint density at radius 1 is 0.927 bits per heavy atom. The van der Waals surface area contributed by atoms with Crippen LogP contribution in [0.15, 0.2) is 120 Å². The number of hydrogen-bond acceptors (Lipinski definition) is 3. The molecule has 1 heterocycles. The van der Waals surface area contributed by atoms with Gasteiger partial charge in [-0.15, -0.1) is 0 Å². The lowest BCUT2D eigenvalue weighted by molar-refractivity contribution is 0.308. The molecule has 1 aliphatic carbocycles. The van der Waals surface area contributed by atoms with Gasteiger partial charge in [0.2, 0.25) is 0 Å². The van der Waals surface area contributed by atoms with Gasteiger partial charge in [-0.1, -0.05) is 96.0 Å². The van der Waals surface area contributed by atoms with Crippen LogP contribution in [0.5, 0.6) is 5.75 Å². The molecule has 0 amide bonds. The average molecular weight is 555 g/mol. The summed E-state index contributed by atoms with van der Waals surface area (Å²) in [5.41, 5.74) is 8.25. The van der Waals surface area contributed by atoms with Crippen molar-refractivity contribution in [3.63, 3.8) is 0 Å². The fraction of sp³-hybridized carbons (Fsp3) is 0.162. The average Bonchev–Trinajstić information content (AvgIpc) is 3.50. The molecule has 1 N–H and O–H groups in total. The van der Waals surface area contributed by atoms with Crippen molar-refractivity contribution in [3.8, 4) is 5.75 Å². The maximum absolute atomic E-state index is 6.59. The van der Waals surface area contributed by atoms with Gasteiger partial charge in [0.1, 0.15) is 12.4 Å². The fourth-order valence-electron chi connectivity index (χ4n) is 6.25. The molecule has 5 aromatic carbocycles. The second kappa shape index (κ2) is 10.9. The van der Waals surface area contributed by atoms with Gasteiger partial charge in [-0.25, -0.2) is 0 Å². The molecule has 202 valence electrons. The molecule has 3 atom stereocenters. The summed E-state index contributed by atoms with van der Waals surface area (Å²) in [6, 6.07) is 36.0. The molecule has 0 spiro atoms. The zero-order chi connectivity index (χ0) is 27.8. The van der Waals surface area contributed by atoms with E-state index < -0.39 is 0 Å². The minimum atomic E-state index is 0.281. The minimum Gasteiger partial charge on any atom is -0.487 e. The van der Waals surface area contributed by atoms with Gasteiger partial charge in [0.15, 0.2) is 0 Å². The van der Waals surface area contributed by atoms with E-state index in [1.165, 1.54) is 33.2 Å². The normalized spacial score (nSPS) is 19.2. The number of rotatable bonds is 6. The summed E-state index contributed by atoms with van der Waals surface area (Å²) in [5, 5.41) is 6.79. The number of hydrogen-bond donors (Lipinski definition) is 1. The van der Waals surface area contributed by atoms with Crippen LogP contribution in [0.3, 0.4) is 0 Å². The first-order chi connectivity index (χ1) is 20.1. The van der Waals surface area contributed by atoms with E-state index in [-0.39, 0.29) is 6.04 Å². The SMILES string of the molecule is Cc1ccc2c(c1)[C@@H]1C=CC[C@@H]1[C@@H](c1ccc(N=Cc3ccc(OCc4cccc5ccccc45)c(Cl)c3)cc1)N2. The van der Waals surface area contributed by atoms with Crippen molar-refractivity contribution in [1.29, 1.82) is 0 Å². The van der Waals surface area contributed by atoms with E-state index in [9.17, 15) is 0 Å². The van der Waals surface area contributed by atoms with Crippen LogP contribution < -0.4 is 10.1 Å². The van der Waals surface area contributed by atoms with E-state index in [1.54, 1.807) is 0 Å². The maximum atomic E-state index is 6.59. The van der Waals surface area contributed by atoms with E-state index in [0.717, 1.165) is 23.2 Å². The number of nitrogens with one attached hydrogen (secondary N) is 1. The summed E-state index contributed by atoms with van der Waals surface area (Å²) < 4.78 is 6.09. The molecule has 2 aliphatic rings. The number of aryl methyl sites for hydroxylation is 1. The van der Waals surface area contributed by atoms with E-state index >= 15 is 0 Å². The predicted molar refractivity (Wildman–Crippen MR) is 171 cm³/mol. The van der Waals surface area contributed by atoms with Crippen LogP contribution in [-0.2, 0) is 6.61 Å². The van der Waals surface area contributed by atoms with E-state index in [0.29, 0.717) is 29.2 Å². The highest BCUT2D eigenvalue weighted by molar-refractivity contribution is 6.32. The molecular formula is C37H31ClN2O. The topological polar surface area (TPSA) is 33.6 Å². The van der Waals surface area contributed by atoms with Gasteiger partial charge in [0.25, 0.3) is 0 Å². The molecule has 0 saturated carbocycles. The number of allylic oxidation sites excluding steroid dienone is 2. The van der Waals surface area contributed by atoms with Gasteiger partial charge in [-0.2, -0.15) is 0 Å². The highest BCUT2D eigenvalue weighted by Crippen LogP contribution is 2.50. The van der Waals surface area contributed by atoms with Crippen LogP contribution >= 0.6 is 11.6 Å². The Balaban J connectivity index is 1.03. The molecule has 0 bridgehead atoms. The Labute approximate surface area is 246 Å². The van der Waals surface area contributed by atoms with Crippen molar-refractivity contribution < 1.29 is 4.74 Å². The lowest BCUT2D eigenvalue weighted by Crippen LogP contribution is -2.29. The molecule has 3 nitrogen and oxygen atoms in total. The fourth-order valence-corrected chi connectivity index (χ4v) is 6.49. The second-order valence-electron chi connectivity index (χ2n) is 11.0. The molecule has 0 aromatic heterocycles. The second-order valence-corrected chi connectivity index (χ2v) is 11.4. The molecule has 0 fully saturated rings. The van der Waals surface area contributed by atoms with Crippen molar-refractivity contribution in [1.82, 2.24) is 0 Å². The number of aliphatic imine (C=N–C) groups is 1. The summed E-state index contributed by atoms with van der Waals surface area (Å²) in [4.78, 5) is 4.72. The molecule has 41 heavy (non-hydrogen) atoms. The molecule has 5 aromatic rings. The van der Waals surface area contributed by atoms with E-state index in [2.05, 4.69) is 109 Å². The standard InChI is InChI=1S/C37H31ClN2O/c1-24-12-18-35-33(20-24)31-10-5-11-32(31)37(40-35)27-14-16-29(17-15-27)39-22-25-13-19-36(34(38)21-25)41-23-28-8-4-7-26-6-2-3-9-30(26)28/h2-10,12-22,31-32,37,40H,11,23H2,1H3/t31-,32+,37-/m1/s1. The molecule has 4 heteroatoms. The molecule has 7 rings (SSSR count). The van der Waals surface area contributed by atoms with Crippen LogP contribution in [0.2, 0.25) is 5.02 Å². The van der Waals surface area contributed by atoms with Gasteiger partial charge in [0.05, 0.1) is 16.8 Å². The Morgan fingerprint density at radius 2 is 1.78 bits per heavy atom. The summed E-state index contributed by atoms with van der Waals surface area (Å²) in [6.45, 7) is 2.63. The quantitative estimate of drug-likeness (QED) is 0.167. The summed E-state index contributed by atoms with van der Waals surface area (Å²) in [6.07, 6.45) is 7.67. The largest absolute Gasteiger partial charge is 0.487 e. The first kappa shape index (κ1) is 25.6. The van der Waals surface area contributed by atoms with Crippen molar-refractivity contribution in [2.75, 3.05) is 5.32 Å². The van der Waals surface area contributed by atoms with Gasteiger partial charge in [-0.3, -0.25) is 4.99 Å². The van der Waals surface area contributed by atoms with Gasteiger partial charge >= 0.3 is 0 Å².